The van der Waals surface area contributed by atoms with Crippen molar-refractivity contribution in [3.05, 3.63) is 29.8 Å². The highest BCUT2D eigenvalue weighted by atomic mass is 16.5. The van der Waals surface area contributed by atoms with Crippen LogP contribution in [0.3, 0.4) is 0 Å². The second kappa shape index (κ2) is 9.16. The normalized spacial score (nSPS) is 27.9. The first-order valence-corrected chi connectivity index (χ1v) is 9.52. The highest BCUT2D eigenvalue weighted by molar-refractivity contribution is 5.92. The van der Waals surface area contributed by atoms with Gasteiger partial charge in [-0.25, -0.2) is 5.43 Å². The minimum atomic E-state index is -0.480. The number of primary amides is 1. The van der Waals surface area contributed by atoms with Crippen molar-refractivity contribution in [1.82, 2.24) is 16.2 Å². The van der Waals surface area contributed by atoms with Crippen molar-refractivity contribution in [2.45, 2.75) is 56.8 Å². The van der Waals surface area contributed by atoms with Crippen LogP contribution in [0.25, 0.3) is 0 Å². The monoisotopic (exact) mass is 376 g/mol. The molecule has 2 amide bonds. The Bertz CT molecular complexity index is 652. The van der Waals surface area contributed by atoms with E-state index in [9.17, 15) is 9.59 Å². The third-order valence-corrected chi connectivity index (χ3v) is 4.99. The second-order valence-electron chi connectivity index (χ2n) is 7.09. The fourth-order valence-corrected chi connectivity index (χ4v) is 3.48. The van der Waals surface area contributed by atoms with Gasteiger partial charge in [0.1, 0.15) is 17.9 Å². The minimum Gasteiger partial charge on any atom is -0.486 e. The van der Waals surface area contributed by atoms with E-state index in [1.54, 1.807) is 24.3 Å². The Labute approximate surface area is 159 Å². The first kappa shape index (κ1) is 19.6. The average molecular weight is 376 g/mol. The van der Waals surface area contributed by atoms with Crippen LogP contribution in [0.1, 0.15) is 43.0 Å². The van der Waals surface area contributed by atoms with Crippen molar-refractivity contribution >= 4 is 11.8 Å². The molecule has 2 unspecified atom stereocenters. The fraction of sp³-hybridized carbons (Fsp3) is 0.579. The van der Waals surface area contributed by atoms with Crippen LogP contribution in [-0.4, -0.2) is 49.3 Å². The average Bonchev–Trinajstić information content (AvgIpc) is 3.13. The van der Waals surface area contributed by atoms with Crippen LogP contribution >= 0.6 is 0 Å². The third kappa shape index (κ3) is 5.18. The molecule has 2 fully saturated rings. The number of nitrogens with two attached hydrogens (primary N) is 1. The van der Waals surface area contributed by atoms with Gasteiger partial charge in [-0.3, -0.25) is 15.0 Å². The van der Waals surface area contributed by atoms with Gasteiger partial charge in [-0.05, 0) is 43.5 Å². The van der Waals surface area contributed by atoms with Crippen LogP contribution in [0.4, 0.5) is 0 Å². The molecule has 4 atom stereocenters. The smallest absolute Gasteiger partial charge is 0.248 e. The summed E-state index contributed by atoms with van der Waals surface area (Å²) in [6.45, 7) is 3.12. The van der Waals surface area contributed by atoms with Crippen molar-refractivity contribution in [2.75, 3.05) is 13.2 Å². The van der Waals surface area contributed by atoms with E-state index in [0.29, 0.717) is 37.0 Å². The summed E-state index contributed by atoms with van der Waals surface area (Å²) in [6.07, 6.45) is 3.30. The molecule has 27 heavy (non-hydrogen) atoms. The summed E-state index contributed by atoms with van der Waals surface area (Å²) in [5, 5.41) is 3.10. The Morgan fingerprint density at radius 2 is 2.07 bits per heavy atom. The molecular formula is C19H28N4O4. The first-order valence-electron chi connectivity index (χ1n) is 9.52. The molecule has 0 aliphatic carbocycles. The zero-order chi connectivity index (χ0) is 19.2. The maximum absolute atomic E-state index is 12.6. The van der Waals surface area contributed by atoms with Gasteiger partial charge < -0.3 is 20.5 Å². The molecule has 2 aliphatic heterocycles. The Morgan fingerprint density at radius 3 is 2.78 bits per heavy atom. The molecule has 0 aromatic heterocycles. The van der Waals surface area contributed by atoms with Crippen LogP contribution < -0.4 is 26.6 Å². The topological polar surface area (TPSA) is 115 Å². The number of hydrogen-bond donors (Lipinski definition) is 4. The van der Waals surface area contributed by atoms with E-state index < -0.39 is 5.91 Å². The number of carbonyl (C=O) groups excluding carboxylic acids is 2. The maximum Gasteiger partial charge on any atom is 0.248 e. The zero-order valence-corrected chi connectivity index (χ0v) is 15.6. The predicted octanol–water partition coefficient (Wildman–Crippen LogP) is 0.473. The molecule has 8 heteroatoms. The van der Waals surface area contributed by atoms with Gasteiger partial charge in [0.15, 0.2) is 0 Å². The highest BCUT2D eigenvalue weighted by Gasteiger charge is 2.34. The summed E-state index contributed by atoms with van der Waals surface area (Å²) in [4.78, 5) is 23.8. The van der Waals surface area contributed by atoms with E-state index in [2.05, 4.69) is 23.1 Å². The quantitative estimate of drug-likeness (QED) is 0.550. The Balaban J connectivity index is 1.57. The standard InChI is InChI=1S/C19H28N4O4/c1-2-3-13-10-16(23-22-13)19(25)21-15-8-9-26-11-17(15)27-14-6-4-12(5-7-14)18(20)24/h4-7,13,15-17,22-23H,2-3,8-11H2,1H3,(H2,20,24)(H,21,25)/t13?,15-,16?,17-/m1/s1. The van der Waals surface area contributed by atoms with E-state index in [4.69, 9.17) is 15.2 Å². The lowest BCUT2D eigenvalue weighted by atomic mass is 10.0. The van der Waals surface area contributed by atoms with E-state index in [1.165, 1.54) is 0 Å². The molecule has 2 saturated heterocycles. The summed E-state index contributed by atoms with van der Waals surface area (Å²) >= 11 is 0. The fourth-order valence-electron chi connectivity index (χ4n) is 3.48. The minimum absolute atomic E-state index is 0.0225. The summed E-state index contributed by atoms with van der Waals surface area (Å²) in [5.74, 6) is 0.107. The molecule has 0 bridgehead atoms. The second-order valence-corrected chi connectivity index (χ2v) is 7.09. The van der Waals surface area contributed by atoms with Gasteiger partial charge in [0.05, 0.1) is 12.6 Å². The van der Waals surface area contributed by atoms with Crippen LogP contribution in [0.5, 0.6) is 5.75 Å². The van der Waals surface area contributed by atoms with Crippen molar-refractivity contribution in [3.63, 3.8) is 0 Å². The van der Waals surface area contributed by atoms with E-state index in [0.717, 1.165) is 19.3 Å². The lowest BCUT2D eigenvalue weighted by Crippen LogP contribution is -2.55. The molecule has 2 aliphatic rings. The summed E-state index contributed by atoms with van der Waals surface area (Å²) in [6, 6.07) is 6.61. The van der Waals surface area contributed by atoms with Gasteiger partial charge in [0.25, 0.3) is 0 Å². The van der Waals surface area contributed by atoms with Crippen LogP contribution in [0.2, 0.25) is 0 Å². The SMILES string of the molecule is CCCC1CC(C(=O)N[C@@H]2CCOC[C@H]2Oc2ccc(C(N)=O)cc2)NN1. The maximum atomic E-state index is 12.6. The molecule has 2 heterocycles. The number of rotatable bonds is 7. The van der Waals surface area contributed by atoms with Crippen molar-refractivity contribution in [3.8, 4) is 5.75 Å². The molecule has 8 nitrogen and oxygen atoms in total. The van der Waals surface area contributed by atoms with E-state index >= 15 is 0 Å². The first-order chi connectivity index (χ1) is 13.1. The number of nitrogens with one attached hydrogen (secondary N) is 3. The number of amides is 2. The van der Waals surface area contributed by atoms with Gasteiger partial charge in [-0.1, -0.05) is 13.3 Å². The zero-order valence-electron chi connectivity index (χ0n) is 15.6. The van der Waals surface area contributed by atoms with Gasteiger partial charge >= 0.3 is 0 Å². The van der Waals surface area contributed by atoms with Crippen LogP contribution in [-0.2, 0) is 9.53 Å². The van der Waals surface area contributed by atoms with Gasteiger partial charge in [0.2, 0.25) is 11.8 Å². The van der Waals surface area contributed by atoms with Crippen molar-refractivity contribution in [2.24, 2.45) is 5.73 Å². The summed E-state index contributed by atoms with van der Waals surface area (Å²) < 4.78 is 11.5. The number of benzene rings is 1. The van der Waals surface area contributed by atoms with Gasteiger partial charge in [-0.15, -0.1) is 0 Å². The molecule has 5 N–H and O–H groups in total. The van der Waals surface area contributed by atoms with Crippen LogP contribution in [0.15, 0.2) is 24.3 Å². The van der Waals surface area contributed by atoms with Gasteiger partial charge in [-0.2, -0.15) is 0 Å². The Morgan fingerprint density at radius 1 is 1.30 bits per heavy atom. The molecule has 148 valence electrons. The van der Waals surface area contributed by atoms with Crippen LogP contribution in [0, 0.1) is 0 Å². The van der Waals surface area contributed by atoms with Crippen molar-refractivity contribution in [1.29, 1.82) is 0 Å². The Kier molecular flexibility index (Phi) is 6.65. The lowest BCUT2D eigenvalue weighted by Gasteiger charge is -2.33. The predicted molar refractivity (Wildman–Crippen MR) is 100 cm³/mol. The van der Waals surface area contributed by atoms with E-state index in [1.807, 2.05) is 0 Å². The summed E-state index contributed by atoms with van der Waals surface area (Å²) in [7, 11) is 0. The lowest BCUT2D eigenvalue weighted by molar-refractivity contribution is -0.125. The number of hydrogen-bond acceptors (Lipinski definition) is 6. The highest BCUT2D eigenvalue weighted by Crippen LogP contribution is 2.19. The molecule has 1 aromatic carbocycles. The molecule has 0 radical (unpaired) electrons. The molecule has 1 aromatic rings. The number of ether oxygens (including phenoxy) is 2. The molecule has 0 spiro atoms. The molecule has 3 rings (SSSR count). The Hall–Kier alpha value is -2.16. The number of hydrazine groups is 1. The van der Waals surface area contributed by atoms with Crippen molar-refractivity contribution < 1.29 is 19.1 Å². The molecule has 0 saturated carbocycles. The third-order valence-electron chi connectivity index (χ3n) is 4.99. The number of carbonyl (C=O) groups is 2. The van der Waals surface area contributed by atoms with Gasteiger partial charge in [0, 0.05) is 18.2 Å². The molecular weight excluding hydrogens is 348 g/mol. The van der Waals surface area contributed by atoms with E-state index in [-0.39, 0.29) is 24.1 Å². The largest absolute Gasteiger partial charge is 0.486 e. The summed E-state index contributed by atoms with van der Waals surface area (Å²) in [5.41, 5.74) is 12.0.